The van der Waals surface area contributed by atoms with Crippen LogP contribution in [0, 0.1) is 11.3 Å². The highest BCUT2D eigenvalue weighted by Crippen LogP contribution is 2.08. The van der Waals surface area contributed by atoms with E-state index in [9.17, 15) is 4.79 Å². The molecule has 0 fully saturated rings. The molecular formula is C16H23N3O. The number of rotatable bonds is 8. The first-order chi connectivity index (χ1) is 9.76. The summed E-state index contributed by atoms with van der Waals surface area (Å²) in [5, 5.41) is 14.3. The molecule has 0 aliphatic carbocycles. The minimum absolute atomic E-state index is 0.191. The van der Waals surface area contributed by atoms with Crippen molar-refractivity contribution in [3.63, 3.8) is 0 Å². The van der Waals surface area contributed by atoms with E-state index in [1.165, 1.54) is 25.7 Å². The Kier molecular flexibility index (Phi) is 7.90. The van der Waals surface area contributed by atoms with E-state index in [2.05, 4.69) is 17.6 Å². The smallest absolute Gasteiger partial charge is 0.319 e. The molecule has 4 nitrogen and oxygen atoms in total. The standard InChI is InChI=1S/C16H23N3O/c1-2-3-4-5-6-7-12-18-16(20)19-15-10-8-14(13-17)9-11-15/h8-11H,2-7,12H2,1H3,(H2,18,19,20). The van der Waals surface area contributed by atoms with Crippen LogP contribution < -0.4 is 10.6 Å². The first-order valence-corrected chi connectivity index (χ1v) is 7.31. The van der Waals surface area contributed by atoms with Gasteiger partial charge in [-0.3, -0.25) is 0 Å². The molecule has 0 aliphatic heterocycles. The van der Waals surface area contributed by atoms with Crippen LogP contribution in [0.1, 0.15) is 51.0 Å². The lowest BCUT2D eigenvalue weighted by molar-refractivity contribution is 0.252. The van der Waals surface area contributed by atoms with Crippen LogP contribution in [-0.4, -0.2) is 12.6 Å². The second kappa shape index (κ2) is 9.85. The molecule has 4 heteroatoms. The molecule has 0 saturated carbocycles. The van der Waals surface area contributed by atoms with Gasteiger partial charge in [0, 0.05) is 12.2 Å². The van der Waals surface area contributed by atoms with Crippen molar-refractivity contribution >= 4 is 11.7 Å². The highest BCUT2D eigenvalue weighted by Gasteiger charge is 2.00. The molecule has 1 rings (SSSR count). The quantitative estimate of drug-likeness (QED) is 0.702. The molecule has 0 unspecified atom stereocenters. The van der Waals surface area contributed by atoms with Crippen molar-refractivity contribution in [1.82, 2.24) is 5.32 Å². The second-order valence-corrected chi connectivity index (χ2v) is 4.84. The van der Waals surface area contributed by atoms with Crippen LogP contribution in [0.3, 0.4) is 0 Å². The number of nitrogens with zero attached hydrogens (tertiary/aromatic N) is 1. The van der Waals surface area contributed by atoms with E-state index in [0.717, 1.165) is 12.8 Å². The van der Waals surface area contributed by atoms with Gasteiger partial charge in [0.1, 0.15) is 0 Å². The molecule has 2 amide bonds. The maximum absolute atomic E-state index is 11.6. The van der Waals surface area contributed by atoms with Gasteiger partial charge in [0.15, 0.2) is 0 Å². The molecule has 0 aromatic heterocycles. The van der Waals surface area contributed by atoms with Crippen LogP contribution in [0.4, 0.5) is 10.5 Å². The van der Waals surface area contributed by atoms with Crippen molar-refractivity contribution in [3.05, 3.63) is 29.8 Å². The topological polar surface area (TPSA) is 64.9 Å². The van der Waals surface area contributed by atoms with E-state index in [0.29, 0.717) is 17.8 Å². The average Bonchev–Trinajstić information content (AvgIpc) is 2.47. The van der Waals surface area contributed by atoms with Gasteiger partial charge in [-0.25, -0.2) is 4.79 Å². The number of carbonyl (C=O) groups excluding carboxylic acids is 1. The Morgan fingerprint density at radius 2 is 1.75 bits per heavy atom. The van der Waals surface area contributed by atoms with Gasteiger partial charge in [0.2, 0.25) is 0 Å². The maximum Gasteiger partial charge on any atom is 0.319 e. The van der Waals surface area contributed by atoms with Crippen molar-refractivity contribution in [2.45, 2.75) is 45.4 Å². The minimum atomic E-state index is -0.191. The lowest BCUT2D eigenvalue weighted by Crippen LogP contribution is -2.29. The zero-order chi connectivity index (χ0) is 14.6. The summed E-state index contributed by atoms with van der Waals surface area (Å²) in [4.78, 5) is 11.6. The van der Waals surface area contributed by atoms with E-state index < -0.39 is 0 Å². The Bertz CT molecular complexity index is 434. The number of benzene rings is 1. The summed E-state index contributed by atoms with van der Waals surface area (Å²) < 4.78 is 0. The zero-order valence-electron chi connectivity index (χ0n) is 12.1. The lowest BCUT2D eigenvalue weighted by Gasteiger charge is -2.07. The second-order valence-electron chi connectivity index (χ2n) is 4.84. The van der Waals surface area contributed by atoms with Crippen LogP contribution in [0.2, 0.25) is 0 Å². The third-order valence-corrected chi connectivity index (χ3v) is 3.09. The predicted molar refractivity (Wildman–Crippen MR) is 81.6 cm³/mol. The average molecular weight is 273 g/mol. The van der Waals surface area contributed by atoms with Gasteiger partial charge in [-0.1, -0.05) is 39.0 Å². The van der Waals surface area contributed by atoms with Gasteiger partial charge in [-0.2, -0.15) is 5.26 Å². The van der Waals surface area contributed by atoms with Crippen molar-refractivity contribution < 1.29 is 4.79 Å². The summed E-state index contributed by atoms with van der Waals surface area (Å²) in [7, 11) is 0. The summed E-state index contributed by atoms with van der Waals surface area (Å²) >= 11 is 0. The van der Waals surface area contributed by atoms with Crippen LogP contribution in [0.25, 0.3) is 0 Å². The molecule has 0 atom stereocenters. The predicted octanol–water partition coefficient (Wildman–Crippen LogP) is 4.04. The van der Waals surface area contributed by atoms with Crippen LogP contribution in [0.15, 0.2) is 24.3 Å². The first-order valence-electron chi connectivity index (χ1n) is 7.31. The monoisotopic (exact) mass is 273 g/mol. The molecule has 0 saturated heterocycles. The molecule has 0 spiro atoms. The van der Waals surface area contributed by atoms with Crippen LogP contribution in [-0.2, 0) is 0 Å². The molecule has 0 bridgehead atoms. The van der Waals surface area contributed by atoms with Gasteiger partial charge in [0.25, 0.3) is 0 Å². The van der Waals surface area contributed by atoms with E-state index in [-0.39, 0.29) is 6.03 Å². The summed E-state index contributed by atoms with van der Waals surface area (Å²) in [6, 6.07) is 8.67. The summed E-state index contributed by atoms with van der Waals surface area (Å²) in [5.74, 6) is 0. The minimum Gasteiger partial charge on any atom is -0.338 e. The Morgan fingerprint density at radius 3 is 2.40 bits per heavy atom. The van der Waals surface area contributed by atoms with E-state index in [1.54, 1.807) is 24.3 Å². The summed E-state index contributed by atoms with van der Waals surface area (Å²) in [5.41, 5.74) is 1.28. The van der Waals surface area contributed by atoms with Gasteiger partial charge in [0.05, 0.1) is 11.6 Å². The molecule has 0 heterocycles. The maximum atomic E-state index is 11.6. The largest absolute Gasteiger partial charge is 0.338 e. The van der Waals surface area contributed by atoms with Gasteiger partial charge < -0.3 is 10.6 Å². The summed E-state index contributed by atoms with van der Waals surface area (Å²) in [6.45, 7) is 2.91. The Hall–Kier alpha value is -2.02. The third kappa shape index (κ3) is 6.79. The fourth-order valence-corrected chi connectivity index (χ4v) is 1.91. The number of nitriles is 1. The number of hydrogen-bond acceptors (Lipinski definition) is 2. The van der Waals surface area contributed by atoms with Crippen LogP contribution >= 0.6 is 0 Å². The molecule has 1 aromatic rings. The molecule has 0 radical (unpaired) electrons. The Balaban J connectivity index is 2.12. The normalized spacial score (nSPS) is 9.80. The molecule has 2 N–H and O–H groups in total. The fraction of sp³-hybridized carbons (Fsp3) is 0.500. The van der Waals surface area contributed by atoms with E-state index in [4.69, 9.17) is 5.26 Å². The summed E-state index contributed by atoms with van der Waals surface area (Å²) in [6.07, 6.45) is 7.26. The van der Waals surface area contributed by atoms with Crippen molar-refractivity contribution in [2.24, 2.45) is 0 Å². The van der Waals surface area contributed by atoms with Crippen LogP contribution in [0.5, 0.6) is 0 Å². The van der Waals surface area contributed by atoms with Crippen molar-refractivity contribution in [1.29, 1.82) is 5.26 Å². The zero-order valence-corrected chi connectivity index (χ0v) is 12.1. The number of carbonyl (C=O) groups is 1. The Labute approximate surface area is 121 Å². The van der Waals surface area contributed by atoms with Gasteiger partial charge in [-0.15, -0.1) is 0 Å². The molecule has 0 aliphatic rings. The highest BCUT2D eigenvalue weighted by atomic mass is 16.2. The third-order valence-electron chi connectivity index (χ3n) is 3.09. The van der Waals surface area contributed by atoms with E-state index in [1.807, 2.05) is 6.07 Å². The fourth-order valence-electron chi connectivity index (χ4n) is 1.91. The molecule has 108 valence electrons. The molecular weight excluding hydrogens is 250 g/mol. The number of unbranched alkanes of at least 4 members (excludes halogenated alkanes) is 5. The Morgan fingerprint density at radius 1 is 1.10 bits per heavy atom. The van der Waals surface area contributed by atoms with Crippen molar-refractivity contribution in [3.8, 4) is 6.07 Å². The number of urea groups is 1. The lowest BCUT2D eigenvalue weighted by atomic mass is 10.1. The number of nitrogens with one attached hydrogen (secondary N) is 2. The molecule has 20 heavy (non-hydrogen) atoms. The SMILES string of the molecule is CCCCCCCCNC(=O)Nc1ccc(C#N)cc1. The van der Waals surface area contributed by atoms with E-state index >= 15 is 0 Å². The number of hydrogen-bond donors (Lipinski definition) is 2. The number of amides is 2. The van der Waals surface area contributed by atoms with Gasteiger partial charge in [-0.05, 0) is 30.7 Å². The first kappa shape index (κ1) is 16.0. The van der Waals surface area contributed by atoms with Gasteiger partial charge >= 0.3 is 6.03 Å². The van der Waals surface area contributed by atoms with Crippen molar-refractivity contribution in [2.75, 3.05) is 11.9 Å². The molecule has 1 aromatic carbocycles. The highest BCUT2D eigenvalue weighted by molar-refractivity contribution is 5.89. The number of anilines is 1.